The number of rotatable bonds is 2. The van der Waals surface area contributed by atoms with Gasteiger partial charge in [-0.05, 0) is 32.9 Å². The number of nitrogens with zero attached hydrogens (tertiary/aromatic N) is 2. The van der Waals surface area contributed by atoms with Crippen LogP contribution in [0.15, 0.2) is 6.20 Å². The molecule has 1 saturated heterocycles. The average molecular weight is 209 g/mol. The van der Waals surface area contributed by atoms with Crippen molar-refractivity contribution < 1.29 is 9.90 Å². The fraction of sp³-hybridized carbons (Fsp3) is 0.600. The third kappa shape index (κ3) is 2.02. The molecule has 15 heavy (non-hydrogen) atoms. The Bertz CT molecular complexity index is 367. The van der Waals surface area contributed by atoms with Crippen LogP contribution in [0.1, 0.15) is 34.9 Å². The van der Waals surface area contributed by atoms with Gasteiger partial charge in [-0.3, -0.25) is 4.68 Å². The van der Waals surface area contributed by atoms with Gasteiger partial charge in [0.1, 0.15) is 5.56 Å². The summed E-state index contributed by atoms with van der Waals surface area (Å²) >= 11 is 0. The fourth-order valence-electron chi connectivity index (χ4n) is 1.95. The van der Waals surface area contributed by atoms with Gasteiger partial charge in [0.2, 0.25) is 0 Å². The van der Waals surface area contributed by atoms with E-state index in [1.165, 1.54) is 0 Å². The monoisotopic (exact) mass is 209 g/mol. The van der Waals surface area contributed by atoms with E-state index in [1.54, 1.807) is 17.8 Å². The van der Waals surface area contributed by atoms with Crippen molar-refractivity contribution in [1.29, 1.82) is 0 Å². The van der Waals surface area contributed by atoms with Gasteiger partial charge in [-0.2, -0.15) is 5.10 Å². The van der Waals surface area contributed by atoms with Gasteiger partial charge in [0.15, 0.2) is 0 Å². The van der Waals surface area contributed by atoms with Gasteiger partial charge in [0, 0.05) is 6.20 Å². The standard InChI is InChI=1S/C10H15N3O2/c1-7-9(10(14)15)6-13(12-7)8-2-4-11-5-3-8/h6,8,11H,2-5H2,1H3,(H,14,15). The van der Waals surface area contributed by atoms with E-state index in [0.29, 0.717) is 17.3 Å². The maximum Gasteiger partial charge on any atom is 0.339 e. The molecule has 0 aromatic carbocycles. The minimum atomic E-state index is -0.896. The van der Waals surface area contributed by atoms with Crippen LogP contribution >= 0.6 is 0 Å². The van der Waals surface area contributed by atoms with Crippen LogP contribution in [0, 0.1) is 6.92 Å². The molecule has 1 aliphatic heterocycles. The number of aromatic nitrogens is 2. The molecule has 1 fully saturated rings. The molecule has 82 valence electrons. The Hall–Kier alpha value is -1.36. The van der Waals surface area contributed by atoms with Crippen molar-refractivity contribution in [2.75, 3.05) is 13.1 Å². The molecule has 0 atom stereocenters. The van der Waals surface area contributed by atoms with Gasteiger partial charge in [-0.15, -0.1) is 0 Å². The zero-order valence-electron chi connectivity index (χ0n) is 8.73. The van der Waals surface area contributed by atoms with Gasteiger partial charge < -0.3 is 10.4 Å². The third-order valence-corrected chi connectivity index (χ3v) is 2.83. The molecular weight excluding hydrogens is 194 g/mol. The molecule has 2 heterocycles. The lowest BCUT2D eigenvalue weighted by molar-refractivity contribution is 0.0696. The largest absolute Gasteiger partial charge is 0.478 e. The highest BCUT2D eigenvalue weighted by atomic mass is 16.4. The van der Waals surface area contributed by atoms with Crippen molar-refractivity contribution in [1.82, 2.24) is 15.1 Å². The van der Waals surface area contributed by atoms with E-state index < -0.39 is 5.97 Å². The third-order valence-electron chi connectivity index (χ3n) is 2.83. The van der Waals surface area contributed by atoms with E-state index in [1.807, 2.05) is 0 Å². The van der Waals surface area contributed by atoms with E-state index in [2.05, 4.69) is 10.4 Å². The molecule has 0 amide bonds. The lowest BCUT2D eigenvalue weighted by Crippen LogP contribution is -2.29. The summed E-state index contributed by atoms with van der Waals surface area (Å²) in [6.45, 7) is 3.69. The van der Waals surface area contributed by atoms with Crippen molar-refractivity contribution >= 4 is 5.97 Å². The van der Waals surface area contributed by atoms with Gasteiger partial charge in [0.25, 0.3) is 0 Å². The second kappa shape index (κ2) is 4.02. The molecule has 0 bridgehead atoms. The minimum absolute atomic E-state index is 0.313. The Morgan fingerprint density at radius 1 is 1.60 bits per heavy atom. The number of carboxylic acids is 1. The number of piperidine rings is 1. The fourth-order valence-corrected chi connectivity index (χ4v) is 1.95. The van der Waals surface area contributed by atoms with Crippen LogP contribution in [0.25, 0.3) is 0 Å². The first-order chi connectivity index (χ1) is 7.18. The summed E-state index contributed by atoms with van der Waals surface area (Å²) in [5.41, 5.74) is 0.912. The summed E-state index contributed by atoms with van der Waals surface area (Å²) in [6.07, 6.45) is 3.67. The zero-order chi connectivity index (χ0) is 10.8. The molecule has 2 N–H and O–H groups in total. The second-order valence-electron chi connectivity index (χ2n) is 3.89. The lowest BCUT2D eigenvalue weighted by atomic mass is 10.1. The molecule has 5 nitrogen and oxygen atoms in total. The summed E-state index contributed by atoms with van der Waals surface area (Å²) in [5, 5.41) is 16.4. The number of aryl methyl sites for hydroxylation is 1. The molecule has 0 spiro atoms. The molecule has 1 aliphatic rings. The highest BCUT2D eigenvalue weighted by Gasteiger charge is 2.19. The van der Waals surface area contributed by atoms with Gasteiger partial charge >= 0.3 is 5.97 Å². The molecule has 0 aliphatic carbocycles. The van der Waals surface area contributed by atoms with E-state index in [-0.39, 0.29) is 0 Å². The smallest absolute Gasteiger partial charge is 0.339 e. The topological polar surface area (TPSA) is 67.2 Å². The molecule has 2 rings (SSSR count). The number of carboxylic acid groups (broad SMARTS) is 1. The molecule has 5 heteroatoms. The molecular formula is C10H15N3O2. The zero-order valence-corrected chi connectivity index (χ0v) is 8.73. The van der Waals surface area contributed by atoms with E-state index in [9.17, 15) is 4.79 Å². The van der Waals surface area contributed by atoms with Crippen LogP contribution in [0.3, 0.4) is 0 Å². The lowest BCUT2D eigenvalue weighted by Gasteiger charge is -2.22. The summed E-state index contributed by atoms with van der Waals surface area (Å²) in [5.74, 6) is -0.896. The van der Waals surface area contributed by atoms with Crippen molar-refractivity contribution in [3.63, 3.8) is 0 Å². The quantitative estimate of drug-likeness (QED) is 0.756. The number of hydrogen-bond acceptors (Lipinski definition) is 3. The van der Waals surface area contributed by atoms with Crippen LogP contribution < -0.4 is 5.32 Å². The van der Waals surface area contributed by atoms with Gasteiger partial charge in [-0.1, -0.05) is 0 Å². The summed E-state index contributed by atoms with van der Waals surface area (Å²) < 4.78 is 1.81. The Balaban J connectivity index is 2.21. The second-order valence-corrected chi connectivity index (χ2v) is 3.89. The van der Waals surface area contributed by atoms with E-state index >= 15 is 0 Å². The molecule has 0 unspecified atom stereocenters. The average Bonchev–Trinajstić information content (AvgIpc) is 2.62. The van der Waals surface area contributed by atoms with E-state index in [4.69, 9.17) is 5.11 Å². The summed E-state index contributed by atoms with van der Waals surface area (Å²) in [7, 11) is 0. The maximum absolute atomic E-state index is 10.9. The van der Waals surface area contributed by atoms with Gasteiger partial charge in [0.05, 0.1) is 11.7 Å². The maximum atomic E-state index is 10.9. The Labute approximate surface area is 88.1 Å². The Kier molecular flexibility index (Phi) is 2.73. The minimum Gasteiger partial charge on any atom is -0.478 e. The van der Waals surface area contributed by atoms with Crippen molar-refractivity contribution in [3.8, 4) is 0 Å². The van der Waals surface area contributed by atoms with Crippen LogP contribution in [-0.2, 0) is 0 Å². The molecule has 0 saturated carbocycles. The Morgan fingerprint density at radius 3 is 2.80 bits per heavy atom. The first-order valence-corrected chi connectivity index (χ1v) is 5.18. The highest BCUT2D eigenvalue weighted by Crippen LogP contribution is 2.19. The molecule has 0 radical (unpaired) electrons. The first-order valence-electron chi connectivity index (χ1n) is 5.18. The SMILES string of the molecule is Cc1nn(C2CCNCC2)cc1C(=O)O. The van der Waals surface area contributed by atoms with Crippen molar-refractivity contribution in [2.45, 2.75) is 25.8 Å². The van der Waals surface area contributed by atoms with Crippen molar-refractivity contribution in [2.24, 2.45) is 0 Å². The van der Waals surface area contributed by atoms with Crippen LogP contribution in [0.2, 0.25) is 0 Å². The van der Waals surface area contributed by atoms with Crippen LogP contribution in [0.4, 0.5) is 0 Å². The Morgan fingerprint density at radius 2 is 2.27 bits per heavy atom. The predicted octanol–water partition coefficient (Wildman–Crippen LogP) is 0.814. The van der Waals surface area contributed by atoms with Crippen LogP contribution in [0.5, 0.6) is 0 Å². The number of aromatic carboxylic acids is 1. The van der Waals surface area contributed by atoms with Gasteiger partial charge in [-0.25, -0.2) is 4.79 Å². The number of carbonyl (C=O) groups is 1. The first kappa shape index (κ1) is 10.2. The number of nitrogens with one attached hydrogen (secondary N) is 1. The molecule has 1 aromatic heterocycles. The normalized spacial score (nSPS) is 17.9. The summed E-state index contributed by atoms with van der Waals surface area (Å²) in [4.78, 5) is 10.9. The summed E-state index contributed by atoms with van der Waals surface area (Å²) in [6, 6.07) is 0.345. The van der Waals surface area contributed by atoms with Crippen molar-refractivity contribution in [3.05, 3.63) is 17.5 Å². The van der Waals surface area contributed by atoms with E-state index in [0.717, 1.165) is 25.9 Å². The van der Waals surface area contributed by atoms with Crippen LogP contribution in [-0.4, -0.2) is 33.9 Å². The predicted molar refractivity (Wildman–Crippen MR) is 55.1 cm³/mol. The number of hydrogen-bond donors (Lipinski definition) is 2. The highest BCUT2D eigenvalue weighted by molar-refractivity contribution is 5.88. The molecule has 1 aromatic rings.